The average molecular weight is 134 g/mol. The van der Waals surface area contributed by atoms with Gasteiger partial charge in [-0.05, 0) is 6.92 Å². The molecule has 3 heteroatoms. The number of hydrogen-bond donors (Lipinski definition) is 1. The third-order valence-electron chi connectivity index (χ3n) is 1.63. The second-order valence-electron chi connectivity index (χ2n) is 2.37. The standard InChI is InChI=1S/C6H11FO2/c1-4-6(8)5(7)2-3-9-4/h4-6,8H,2-3H2,1H3/t4-,5-,6-/m0/s1. The molecule has 2 nitrogen and oxygen atoms in total. The van der Waals surface area contributed by atoms with Gasteiger partial charge in [0.1, 0.15) is 12.3 Å². The van der Waals surface area contributed by atoms with E-state index in [-0.39, 0.29) is 6.10 Å². The number of alkyl halides is 1. The minimum Gasteiger partial charge on any atom is -0.387 e. The second kappa shape index (κ2) is 2.62. The summed E-state index contributed by atoms with van der Waals surface area (Å²) in [7, 11) is 0. The molecule has 1 aliphatic rings. The highest BCUT2D eigenvalue weighted by Crippen LogP contribution is 2.16. The van der Waals surface area contributed by atoms with Gasteiger partial charge in [0.15, 0.2) is 0 Å². The molecule has 9 heavy (non-hydrogen) atoms. The van der Waals surface area contributed by atoms with E-state index in [1.807, 2.05) is 0 Å². The van der Waals surface area contributed by atoms with E-state index in [4.69, 9.17) is 9.84 Å². The summed E-state index contributed by atoms with van der Waals surface area (Å²) in [5, 5.41) is 8.95. The molecular formula is C6H11FO2. The molecule has 0 aliphatic carbocycles. The summed E-state index contributed by atoms with van der Waals surface area (Å²) in [5.74, 6) is 0. The number of aliphatic hydroxyl groups excluding tert-OH is 1. The van der Waals surface area contributed by atoms with E-state index >= 15 is 0 Å². The van der Waals surface area contributed by atoms with Crippen molar-refractivity contribution in [1.29, 1.82) is 0 Å². The molecule has 1 fully saturated rings. The number of aliphatic hydroxyl groups is 1. The summed E-state index contributed by atoms with van der Waals surface area (Å²) in [6.07, 6.45) is -2.02. The van der Waals surface area contributed by atoms with Gasteiger partial charge in [-0.3, -0.25) is 0 Å². The highest BCUT2D eigenvalue weighted by atomic mass is 19.1. The molecule has 1 N–H and O–H groups in total. The monoisotopic (exact) mass is 134 g/mol. The van der Waals surface area contributed by atoms with Crippen LogP contribution in [0.1, 0.15) is 13.3 Å². The van der Waals surface area contributed by atoms with Gasteiger partial charge in [-0.2, -0.15) is 0 Å². The van der Waals surface area contributed by atoms with E-state index in [0.29, 0.717) is 13.0 Å². The van der Waals surface area contributed by atoms with Crippen LogP contribution in [0.3, 0.4) is 0 Å². The first-order valence-corrected chi connectivity index (χ1v) is 3.15. The predicted octanol–water partition coefficient (Wildman–Crippen LogP) is 0.494. The Bertz CT molecular complexity index is 87.1. The molecule has 1 saturated heterocycles. The van der Waals surface area contributed by atoms with Crippen LogP contribution < -0.4 is 0 Å². The Morgan fingerprint density at radius 3 is 2.78 bits per heavy atom. The Morgan fingerprint density at radius 1 is 1.67 bits per heavy atom. The molecule has 0 saturated carbocycles. The van der Waals surface area contributed by atoms with Crippen molar-refractivity contribution in [3.8, 4) is 0 Å². The molecule has 0 aromatic rings. The van der Waals surface area contributed by atoms with Crippen molar-refractivity contribution in [1.82, 2.24) is 0 Å². The van der Waals surface area contributed by atoms with Gasteiger partial charge in [-0.25, -0.2) is 4.39 Å². The van der Waals surface area contributed by atoms with Gasteiger partial charge in [0, 0.05) is 13.0 Å². The summed E-state index contributed by atoms with van der Waals surface area (Å²) < 4.78 is 17.5. The molecule has 0 spiro atoms. The van der Waals surface area contributed by atoms with Crippen LogP contribution in [0.2, 0.25) is 0 Å². The Hall–Kier alpha value is -0.150. The molecule has 0 bridgehead atoms. The van der Waals surface area contributed by atoms with Gasteiger partial charge in [-0.15, -0.1) is 0 Å². The first-order chi connectivity index (χ1) is 4.22. The van der Waals surface area contributed by atoms with Crippen molar-refractivity contribution in [3.63, 3.8) is 0 Å². The van der Waals surface area contributed by atoms with Crippen molar-refractivity contribution >= 4 is 0 Å². The van der Waals surface area contributed by atoms with Gasteiger partial charge in [0.05, 0.1) is 6.10 Å². The van der Waals surface area contributed by atoms with Crippen LogP contribution in [0.25, 0.3) is 0 Å². The summed E-state index contributed by atoms with van der Waals surface area (Å²) in [6, 6.07) is 0. The van der Waals surface area contributed by atoms with Crippen LogP contribution in [0, 0.1) is 0 Å². The number of rotatable bonds is 0. The fourth-order valence-electron chi connectivity index (χ4n) is 0.930. The van der Waals surface area contributed by atoms with Crippen LogP contribution in [0.4, 0.5) is 4.39 Å². The molecule has 1 rings (SSSR count). The second-order valence-corrected chi connectivity index (χ2v) is 2.37. The highest BCUT2D eigenvalue weighted by molar-refractivity contribution is 4.77. The average Bonchev–Trinajstić information content (AvgIpc) is 1.83. The van der Waals surface area contributed by atoms with Crippen molar-refractivity contribution < 1.29 is 14.2 Å². The minimum atomic E-state index is -1.09. The number of halogens is 1. The SMILES string of the molecule is C[C@@H]1OCC[C@H](F)[C@H]1O. The quantitative estimate of drug-likeness (QED) is 0.522. The van der Waals surface area contributed by atoms with Gasteiger partial charge in [0.2, 0.25) is 0 Å². The molecule has 1 heterocycles. The normalized spacial score (nSPS) is 45.0. The minimum absolute atomic E-state index is 0.325. The zero-order valence-electron chi connectivity index (χ0n) is 5.38. The lowest BCUT2D eigenvalue weighted by atomic mass is 10.1. The summed E-state index contributed by atoms with van der Waals surface area (Å²) in [6.45, 7) is 2.11. The fourth-order valence-corrected chi connectivity index (χ4v) is 0.930. The third kappa shape index (κ3) is 1.40. The molecule has 0 amide bonds. The van der Waals surface area contributed by atoms with Crippen molar-refractivity contribution in [2.24, 2.45) is 0 Å². The van der Waals surface area contributed by atoms with E-state index in [1.54, 1.807) is 6.92 Å². The van der Waals surface area contributed by atoms with E-state index in [9.17, 15) is 4.39 Å². The maximum absolute atomic E-state index is 12.5. The van der Waals surface area contributed by atoms with Crippen LogP contribution in [-0.2, 0) is 4.74 Å². The third-order valence-corrected chi connectivity index (χ3v) is 1.63. The van der Waals surface area contributed by atoms with Gasteiger partial charge in [0.25, 0.3) is 0 Å². The number of hydrogen-bond acceptors (Lipinski definition) is 2. The maximum Gasteiger partial charge on any atom is 0.131 e. The summed E-state index contributed by atoms with van der Waals surface area (Å²) in [4.78, 5) is 0. The lowest BCUT2D eigenvalue weighted by molar-refractivity contribution is -0.103. The molecule has 0 radical (unpaired) electrons. The lowest BCUT2D eigenvalue weighted by Crippen LogP contribution is -2.40. The lowest BCUT2D eigenvalue weighted by Gasteiger charge is -2.27. The van der Waals surface area contributed by atoms with E-state index < -0.39 is 12.3 Å². The predicted molar refractivity (Wildman–Crippen MR) is 30.9 cm³/mol. The zero-order chi connectivity index (χ0) is 6.85. The number of ether oxygens (including phenoxy) is 1. The van der Waals surface area contributed by atoms with E-state index in [0.717, 1.165) is 0 Å². The molecule has 0 aromatic heterocycles. The maximum atomic E-state index is 12.5. The largest absolute Gasteiger partial charge is 0.387 e. The van der Waals surface area contributed by atoms with Gasteiger partial charge in [-0.1, -0.05) is 0 Å². The Morgan fingerprint density at radius 2 is 2.33 bits per heavy atom. The summed E-state index contributed by atoms with van der Waals surface area (Å²) in [5.41, 5.74) is 0. The van der Waals surface area contributed by atoms with Crippen molar-refractivity contribution in [3.05, 3.63) is 0 Å². The first kappa shape index (κ1) is 6.96. The molecule has 54 valence electrons. The Balaban J connectivity index is 2.41. The topological polar surface area (TPSA) is 29.5 Å². The van der Waals surface area contributed by atoms with E-state index in [1.165, 1.54) is 0 Å². The molecule has 0 unspecified atom stereocenters. The van der Waals surface area contributed by atoms with Crippen LogP contribution >= 0.6 is 0 Å². The Kier molecular flexibility index (Phi) is 2.03. The van der Waals surface area contributed by atoms with Crippen molar-refractivity contribution in [2.75, 3.05) is 6.61 Å². The van der Waals surface area contributed by atoms with Crippen LogP contribution in [-0.4, -0.2) is 30.1 Å². The molecular weight excluding hydrogens is 123 g/mol. The summed E-state index contributed by atoms with van der Waals surface area (Å²) >= 11 is 0. The molecule has 1 aliphatic heterocycles. The Labute approximate surface area is 53.6 Å². The van der Waals surface area contributed by atoms with E-state index in [2.05, 4.69) is 0 Å². The molecule has 0 aromatic carbocycles. The molecule has 3 atom stereocenters. The van der Waals surface area contributed by atoms with Crippen molar-refractivity contribution in [2.45, 2.75) is 31.7 Å². The van der Waals surface area contributed by atoms with Gasteiger partial charge >= 0.3 is 0 Å². The van der Waals surface area contributed by atoms with Crippen LogP contribution in [0.5, 0.6) is 0 Å². The van der Waals surface area contributed by atoms with Gasteiger partial charge < -0.3 is 9.84 Å². The highest BCUT2D eigenvalue weighted by Gasteiger charge is 2.29. The first-order valence-electron chi connectivity index (χ1n) is 3.15. The fraction of sp³-hybridized carbons (Fsp3) is 1.00. The van der Waals surface area contributed by atoms with Crippen LogP contribution in [0.15, 0.2) is 0 Å². The smallest absolute Gasteiger partial charge is 0.131 e. The zero-order valence-corrected chi connectivity index (χ0v) is 5.38.